The molecule has 2 aliphatic heterocycles. The second-order valence-electron chi connectivity index (χ2n) is 7.98. The van der Waals surface area contributed by atoms with Crippen LogP contribution in [0.5, 0.6) is 0 Å². The monoisotopic (exact) mass is 364 g/mol. The van der Waals surface area contributed by atoms with Gasteiger partial charge in [-0.1, -0.05) is 0 Å². The van der Waals surface area contributed by atoms with Gasteiger partial charge in [-0.3, -0.25) is 4.79 Å². The topological polar surface area (TPSA) is 80.3 Å². The highest BCUT2D eigenvalue weighted by Gasteiger charge is 2.33. The van der Waals surface area contributed by atoms with Crippen molar-refractivity contribution >= 4 is 23.1 Å². The van der Waals surface area contributed by atoms with Crippen LogP contribution in [0.1, 0.15) is 75.1 Å². The molecule has 25 heavy (non-hydrogen) atoms. The molecule has 1 saturated heterocycles. The Morgan fingerprint density at radius 2 is 2.20 bits per heavy atom. The van der Waals surface area contributed by atoms with E-state index >= 15 is 0 Å². The highest BCUT2D eigenvalue weighted by atomic mass is 32.2. The summed E-state index contributed by atoms with van der Waals surface area (Å²) in [5.74, 6) is 0.807. The van der Waals surface area contributed by atoms with E-state index in [1.807, 2.05) is 33.8 Å². The summed E-state index contributed by atoms with van der Waals surface area (Å²) < 4.78 is 15.3. The van der Waals surface area contributed by atoms with Gasteiger partial charge >= 0.3 is 0 Å². The first-order valence-electron chi connectivity index (χ1n) is 8.95. The number of anilines is 1. The Balaban J connectivity index is 1.96. The smallest absolute Gasteiger partial charge is 0.252 e. The van der Waals surface area contributed by atoms with Crippen LogP contribution >= 0.6 is 0 Å². The van der Waals surface area contributed by atoms with Gasteiger partial charge in [-0.05, 0) is 53.5 Å². The van der Waals surface area contributed by atoms with E-state index in [0.29, 0.717) is 18.2 Å². The van der Waals surface area contributed by atoms with Crippen LogP contribution in [0.25, 0.3) is 0 Å². The van der Waals surface area contributed by atoms with Crippen molar-refractivity contribution in [3.05, 3.63) is 22.9 Å². The average Bonchev–Trinajstić information content (AvgIpc) is 3.12. The lowest BCUT2D eigenvalue weighted by atomic mass is 10.0. The van der Waals surface area contributed by atoms with E-state index in [0.717, 1.165) is 36.5 Å². The minimum Gasteiger partial charge on any atom is -0.598 e. The van der Waals surface area contributed by atoms with E-state index in [1.54, 1.807) is 0 Å². The summed E-state index contributed by atoms with van der Waals surface area (Å²) in [7, 11) is 0. The van der Waals surface area contributed by atoms with E-state index in [1.165, 1.54) is 0 Å². The second kappa shape index (κ2) is 6.78. The van der Waals surface area contributed by atoms with E-state index in [4.69, 9.17) is 4.98 Å². The predicted octanol–water partition coefficient (Wildman–Crippen LogP) is 2.43. The number of rotatable bonds is 4. The number of amides is 1. The van der Waals surface area contributed by atoms with E-state index in [2.05, 4.69) is 21.9 Å². The highest BCUT2D eigenvalue weighted by Crippen LogP contribution is 2.31. The van der Waals surface area contributed by atoms with Gasteiger partial charge in [0.25, 0.3) is 5.91 Å². The molecule has 1 amide bonds. The van der Waals surface area contributed by atoms with Gasteiger partial charge in [-0.2, -0.15) is 0 Å². The second-order valence-corrected chi connectivity index (χ2v) is 9.98. The molecule has 1 fully saturated rings. The average molecular weight is 365 g/mol. The number of carbonyl (C=O) groups is 1. The molecule has 2 aliphatic rings. The predicted molar refractivity (Wildman–Crippen MR) is 101 cm³/mol. The number of fused-ring (bicyclic) bond motifs is 1. The Bertz CT molecular complexity index is 674. The molecular formula is C18H28N4O2S. The van der Waals surface area contributed by atoms with Gasteiger partial charge in [-0.15, -0.1) is 4.72 Å². The van der Waals surface area contributed by atoms with Gasteiger partial charge < -0.3 is 14.8 Å². The van der Waals surface area contributed by atoms with Crippen molar-refractivity contribution in [3.63, 3.8) is 0 Å². The number of hydrogen-bond donors (Lipinski definition) is 2. The van der Waals surface area contributed by atoms with E-state index < -0.39 is 11.4 Å². The number of nitrogens with one attached hydrogen (secondary N) is 2. The molecule has 1 aromatic heterocycles. The lowest BCUT2D eigenvalue weighted by molar-refractivity contribution is 0.0965. The minimum atomic E-state index is -1.20. The fourth-order valence-electron chi connectivity index (χ4n) is 3.40. The molecule has 0 radical (unpaired) electrons. The molecular weight excluding hydrogens is 336 g/mol. The van der Waals surface area contributed by atoms with Crippen molar-refractivity contribution < 1.29 is 9.35 Å². The van der Waals surface area contributed by atoms with Gasteiger partial charge in [0, 0.05) is 41.6 Å². The molecule has 2 N–H and O–H groups in total. The maximum atomic E-state index is 12.5. The molecule has 0 bridgehead atoms. The molecule has 6 nitrogen and oxygen atoms in total. The van der Waals surface area contributed by atoms with Crippen molar-refractivity contribution in [1.82, 2.24) is 15.0 Å². The summed E-state index contributed by atoms with van der Waals surface area (Å²) >= 11 is -1.20. The van der Waals surface area contributed by atoms with Crippen molar-refractivity contribution in [2.75, 3.05) is 11.4 Å². The lowest BCUT2D eigenvalue weighted by Gasteiger charge is -2.28. The van der Waals surface area contributed by atoms with Crippen LogP contribution in [-0.4, -0.2) is 32.8 Å². The summed E-state index contributed by atoms with van der Waals surface area (Å²) in [6.45, 7) is 11.4. The van der Waals surface area contributed by atoms with Crippen molar-refractivity contribution in [3.8, 4) is 0 Å². The zero-order valence-corrected chi connectivity index (χ0v) is 16.5. The number of carbonyl (C=O) groups excluding carboxylic acids is 1. The van der Waals surface area contributed by atoms with Crippen molar-refractivity contribution in [2.24, 2.45) is 0 Å². The summed E-state index contributed by atoms with van der Waals surface area (Å²) in [5.41, 5.74) is 2.45. The summed E-state index contributed by atoms with van der Waals surface area (Å²) in [6.07, 6.45) is 2.28. The number of nitrogens with zero attached hydrogens (tertiary/aromatic N) is 2. The van der Waals surface area contributed by atoms with Gasteiger partial charge in [0.05, 0.1) is 11.7 Å². The van der Waals surface area contributed by atoms with Crippen LogP contribution in [0.15, 0.2) is 6.07 Å². The lowest BCUT2D eigenvalue weighted by Crippen LogP contribution is -2.41. The number of hydrogen-bond acceptors (Lipinski definition) is 5. The molecule has 0 aromatic carbocycles. The van der Waals surface area contributed by atoms with Crippen LogP contribution in [0, 0.1) is 0 Å². The fraction of sp³-hybridized carbons (Fsp3) is 0.667. The Hall–Kier alpha value is -1.31. The van der Waals surface area contributed by atoms with Crippen LogP contribution in [0.2, 0.25) is 0 Å². The van der Waals surface area contributed by atoms with Gasteiger partial charge in [0.1, 0.15) is 10.6 Å². The van der Waals surface area contributed by atoms with Crippen molar-refractivity contribution in [2.45, 2.75) is 70.8 Å². The fourth-order valence-corrected chi connectivity index (χ4v) is 4.19. The van der Waals surface area contributed by atoms with E-state index in [9.17, 15) is 9.35 Å². The molecule has 0 saturated carbocycles. The number of pyridine rings is 1. The summed E-state index contributed by atoms with van der Waals surface area (Å²) in [4.78, 5) is 19.4. The maximum absolute atomic E-state index is 12.5. The first-order chi connectivity index (χ1) is 11.7. The minimum absolute atomic E-state index is 0.0455. The number of aromatic nitrogens is 1. The Kier molecular flexibility index (Phi) is 5.01. The molecule has 0 aliphatic carbocycles. The molecule has 3 atom stereocenters. The molecule has 3 heterocycles. The third-order valence-electron chi connectivity index (χ3n) is 4.91. The summed E-state index contributed by atoms with van der Waals surface area (Å²) in [5, 5.41) is 2.89. The standard InChI is InChI=1S/C18H28N4O2S/c1-11-7-6-8-22(11)15-9-13-14(10-19-17(13)23)16(20-15)12(2)21-25(24)18(3,4)5/h9,11-12,21H,6-8,10H2,1-5H3,(H,19,23)/t11-,12+,25+/m1/s1. The Morgan fingerprint density at radius 3 is 2.80 bits per heavy atom. The molecule has 0 spiro atoms. The third kappa shape index (κ3) is 3.64. The van der Waals surface area contributed by atoms with Gasteiger partial charge in [-0.25, -0.2) is 4.98 Å². The first kappa shape index (κ1) is 18.5. The maximum Gasteiger partial charge on any atom is 0.252 e. The van der Waals surface area contributed by atoms with Crippen LogP contribution in [0.4, 0.5) is 5.82 Å². The first-order valence-corrected chi connectivity index (χ1v) is 10.1. The Morgan fingerprint density at radius 1 is 1.48 bits per heavy atom. The van der Waals surface area contributed by atoms with Gasteiger partial charge in [0.15, 0.2) is 0 Å². The molecule has 3 rings (SSSR count). The van der Waals surface area contributed by atoms with Crippen LogP contribution < -0.4 is 14.9 Å². The normalized spacial score (nSPS) is 22.7. The zero-order chi connectivity index (χ0) is 18.4. The van der Waals surface area contributed by atoms with Crippen LogP contribution in [-0.2, 0) is 17.9 Å². The van der Waals surface area contributed by atoms with E-state index in [-0.39, 0.29) is 16.7 Å². The molecule has 1 aromatic rings. The Labute approximate surface area is 153 Å². The zero-order valence-electron chi connectivity index (χ0n) is 15.7. The van der Waals surface area contributed by atoms with Gasteiger partial charge in [0.2, 0.25) is 0 Å². The SMILES string of the molecule is C[C@H](N[S@@+]([O-])C(C)(C)C)c1nc(N2CCC[C@H]2C)cc2c1CNC2=O. The highest BCUT2D eigenvalue weighted by molar-refractivity contribution is 7.90. The van der Waals surface area contributed by atoms with Crippen LogP contribution in [0.3, 0.4) is 0 Å². The molecule has 0 unspecified atom stereocenters. The summed E-state index contributed by atoms with van der Waals surface area (Å²) in [6, 6.07) is 2.14. The quantitative estimate of drug-likeness (QED) is 0.802. The van der Waals surface area contributed by atoms with Crippen molar-refractivity contribution in [1.29, 1.82) is 0 Å². The molecule has 138 valence electrons. The third-order valence-corrected chi connectivity index (χ3v) is 6.59. The molecule has 7 heteroatoms. The largest absolute Gasteiger partial charge is 0.598 e.